The number of hydrogen-bond donors (Lipinski definition) is 1. The Balaban J connectivity index is 2.73. The maximum atomic E-state index is 12.4. The van der Waals surface area contributed by atoms with E-state index in [9.17, 15) is 10.0 Å². The minimum Gasteiger partial charge on any atom is -0.458 e. The average Bonchev–Trinajstić information content (AvgIpc) is 2.41. The largest absolute Gasteiger partial charge is 0.458 e. The normalized spacial score (nSPS) is 22.5. The highest BCUT2D eigenvalue weighted by atomic mass is 16.5. The zero-order valence-corrected chi connectivity index (χ0v) is 15.5. The lowest BCUT2D eigenvalue weighted by atomic mass is 9.80. The first-order chi connectivity index (χ1) is 10.0. The van der Waals surface area contributed by atoms with Gasteiger partial charge in [0, 0.05) is 23.9 Å². The van der Waals surface area contributed by atoms with E-state index in [1.807, 2.05) is 27.7 Å². The number of rotatable bonds is 6. The average molecular weight is 315 g/mol. The third-order valence-electron chi connectivity index (χ3n) is 5.38. The maximum Gasteiger partial charge on any atom is 0.362 e. The molecule has 1 fully saturated rings. The first kappa shape index (κ1) is 19.4. The van der Waals surface area contributed by atoms with Crippen molar-refractivity contribution in [3.63, 3.8) is 0 Å². The Labute approximate surface area is 135 Å². The Morgan fingerprint density at radius 2 is 1.50 bits per heavy atom. The molecule has 1 rings (SSSR count). The quantitative estimate of drug-likeness (QED) is 0.605. The Morgan fingerprint density at radius 1 is 1.09 bits per heavy atom. The van der Waals surface area contributed by atoms with Gasteiger partial charge in [-0.05, 0) is 48.5 Å². The summed E-state index contributed by atoms with van der Waals surface area (Å²) in [6.45, 7) is 17.6. The highest BCUT2D eigenvalue weighted by molar-refractivity contribution is 5.70. The van der Waals surface area contributed by atoms with Crippen LogP contribution >= 0.6 is 0 Å². The van der Waals surface area contributed by atoms with E-state index in [0.29, 0.717) is 19.4 Å². The summed E-state index contributed by atoms with van der Waals surface area (Å²) in [5.74, 6) is -0.117. The molecule has 0 aromatic carbocycles. The lowest BCUT2D eigenvalue weighted by Crippen LogP contribution is -2.61. The highest BCUT2D eigenvalue weighted by Gasteiger charge is 2.46. The second-order valence-corrected chi connectivity index (χ2v) is 7.91. The first-order valence-electron chi connectivity index (χ1n) is 8.55. The van der Waals surface area contributed by atoms with Gasteiger partial charge < -0.3 is 14.4 Å². The van der Waals surface area contributed by atoms with Crippen LogP contribution in [0.15, 0.2) is 0 Å². The zero-order chi connectivity index (χ0) is 17.2. The van der Waals surface area contributed by atoms with Gasteiger partial charge >= 0.3 is 5.97 Å². The summed E-state index contributed by atoms with van der Waals surface area (Å²) in [5.41, 5.74) is -0.780. The molecular formula is C17H35N2O3+. The van der Waals surface area contributed by atoms with Crippen LogP contribution in [0.1, 0.15) is 61.3 Å². The van der Waals surface area contributed by atoms with E-state index in [1.165, 1.54) is 5.06 Å². The molecule has 5 nitrogen and oxygen atoms in total. The van der Waals surface area contributed by atoms with E-state index in [1.54, 1.807) is 0 Å². The summed E-state index contributed by atoms with van der Waals surface area (Å²) in [7, 11) is 0. The molecule has 0 amide bonds. The van der Waals surface area contributed by atoms with Gasteiger partial charge in [0.2, 0.25) is 0 Å². The van der Waals surface area contributed by atoms with E-state index in [-0.39, 0.29) is 23.2 Å². The topological polar surface area (TPSA) is 49.8 Å². The lowest BCUT2D eigenvalue weighted by molar-refractivity contribution is -0.916. The van der Waals surface area contributed by atoms with Crippen LogP contribution in [0.4, 0.5) is 0 Å². The molecule has 1 heterocycles. The number of piperidine rings is 1. The van der Waals surface area contributed by atoms with Gasteiger partial charge in [-0.15, -0.1) is 0 Å². The predicted molar refractivity (Wildman–Crippen MR) is 87.6 cm³/mol. The molecule has 0 aromatic rings. The van der Waals surface area contributed by atoms with Crippen LogP contribution in [0.2, 0.25) is 0 Å². The molecule has 0 unspecified atom stereocenters. The van der Waals surface area contributed by atoms with Crippen LogP contribution in [0.25, 0.3) is 0 Å². The number of ether oxygens (including phenoxy) is 1. The maximum absolute atomic E-state index is 12.4. The zero-order valence-electron chi connectivity index (χ0n) is 15.5. The molecule has 0 radical (unpaired) electrons. The Bertz CT molecular complexity index is 363. The van der Waals surface area contributed by atoms with Crippen molar-refractivity contribution >= 4 is 5.97 Å². The monoisotopic (exact) mass is 315 g/mol. The van der Waals surface area contributed by atoms with E-state index in [0.717, 1.165) is 24.1 Å². The number of carbonyl (C=O) groups excluding carboxylic acids is 1. The van der Waals surface area contributed by atoms with Gasteiger partial charge in [-0.25, -0.2) is 4.79 Å². The Hall–Kier alpha value is -0.650. The van der Waals surface area contributed by atoms with Gasteiger partial charge in [-0.3, -0.25) is 0 Å². The third-order valence-corrected chi connectivity index (χ3v) is 5.38. The van der Waals surface area contributed by atoms with Gasteiger partial charge in [0.1, 0.15) is 6.10 Å². The van der Waals surface area contributed by atoms with E-state index < -0.39 is 0 Å². The van der Waals surface area contributed by atoms with Crippen LogP contribution in [-0.2, 0) is 9.53 Å². The first-order valence-corrected chi connectivity index (χ1v) is 8.55. The lowest BCUT2D eigenvalue weighted by Gasteiger charge is -2.51. The van der Waals surface area contributed by atoms with Crippen molar-refractivity contribution in [1.82, 2.24) is 5.06 Å². The molecule has 0 aliphatic carbocycles. The van der Waals surface area contributed by atoms with Crippen molar-refractivity contribution in [3.05, 3.63) is 0 Å². The fourth-order valence-corrected chi connectivity index (χ4v) is 3.77. The van der Waals surface area contributed by atoms with Crippen molar-refractivity contribution in [2.45, 2.75) is 78.5 Å². The van der Waals surface area contributed by atoms with Crippen molar-refractivity contribution < 1.29 is 19.2 Å². The second kappa shape index (κ2) is 6.85. The second-order valence-electron chi connectivity index (χ2n) is 7.91. The number of carbonyl (C=O) groups is 1. The van der Waals surface area contributed by atoms with Crippen molar-refractivity contribution in [3.8, 4) is 0 Å². The molecule has 0 saturated carbocycles. The number of hydrogen-bond acceptors (Lipinski definition) is 4. The number of hydroxylamine groups is 2. The van der Waals surface area contributed by atoms with Crippen LogP contribution in [0.5, 0.6) is 0 Å². The van der Waals surface area contributed by atoms with Crippen LogP contribution < -0.4 is 0 Å². The highest BCUT2D eigenvalue weighted by Crippen LogP contribution is 2.37. The van der Waals surface area contributed by atoms with Crippen molar-refractivity contribution in [2.24, 2.45) is 0 Å². The Kier molecular flexibility index (Phi) is 6.04. The van der Waals surface area contributed by atoms with Gasteiger partial charge in [0.05, 0.1) is 19.6 Å². The summed E-state index contributed by atoms with van der Waals surface area (Å²) in [5, 5.41) is 11.7. The number of likely N-dealkylation sites (N-methyl/N-ethyl adjacent to an activating group) is 1. The summed E-state index contributed by atoms with van der Waals surface area (Å²) in [6.07, 6.45) is 1.18. The van der Waals surface area contributed by atoms with Crippen LogP contribution in [0, 0.1) is 0 Å². The molecule has 130 valence electrons. The summed E-state index contributed by atoms with van der Waals surface area (Å²) >= 11 is 0. The molecule has 0 atom stereocenters. The molecule has 0 aromatic heterocycles. The predicted octanol–water partition coefficient (Wildman–Crippen LogP) is 2.82. The molecule has 1 aliphatic heterocycles. The molecule has 22 heavy (non-hydrogen) atoms. The third kappa shape index (κ3) is 4.21. The van der Waals surface area contributed by atoms with Crippen LogP contribution in [-0.4, -0.2) is 64.1 Å². The van der Waals surface area contributed by atoms with Crippen molar-refractivity contribution in [2.75, 3.05) is 26.2 Å². The fourth-order valence-electron chi connectivity index (χ4n) is 3.77. The van der Waals surface area contributed by atoms with Gasteiger partial charge in [0.25, 0.3) is 0 Å². The molecule has 1 saturated heterocycles. The molecule has 1 aliphatic rings. The van der Waals surface area contributed by atoms with Gasteiger partial charge in [0.15, 0.2) is 6.54 Å². The smallest absolute Gasteiger partial charge is 0.362 e. The summed E-state index contributed by atoms with van der Waals surface area (Å²) in [6, 6.07) is 0. The van der Waals surface area contributed by atoms with E-state index in [4.69, 9.17) is 4.74 Å². The van der Waals surface area contributed by atoms with Gasteiger partial charge in [-0.1, -0.05) is 0 Å². The number of esters is 1. The van der Waals surface area contributed by atoms with E-state index in [2.05, 4.69) is 20.8 Å². The molecule has 0 spiro atoms. The SMILES string of the molecule is CC[N+](CC)(CC)CC(=O)OC1CC(C)(C)N(O)C(C)(C)C1. The van der Waals surface area contributed by atoms with E-state index >= 15 is 0 Å². The fraction of sp³-hybridized carbons (Fsp3) is 0.941. The summed E-state index contributed by atoms with van der Waals surface area (Å²) < 4.78 is 6.55. The molecular weight excluding hydrogens is 280 g/mol. The Morgan fingerprint density at radius 3 is 1.86 bits per heavy atom. The minimum absolute atomic E-state index is 0.117. The minimum atomic E-state index is -0.390. The number of nitrogens with zero attached hydrogens (tertiary/aromatic N) is 2. The van der Waals surface area contributed by atoms with Crippen molar-refractivity contribution in [1.29, 1.82) is 0 Å². The molecule has 5 heteroatoms. The van der Waals surface area contributed by atoms with Gasteiger partial charge in [-0.2, -0.15) is 5.06 Å². The van der Waals surface area contributed by atoms with Crippen LogP contribution in [0.3, 0.4) is 0 Å². The molecule has 0 bridgehead atoms. The number of quaternary nitrogens is 1. The molecule has 1 N–H and O–H groups in total. The standard InChI is InChI=1S/C17H35N2O3/c1-8-19(9-2,10-3)13-15(20)22-14-11-16(4,5)18(21)17(6,7)12-14/h14,21H,8-13H2,1-7H3/q+1. The summed E-state index contributed by atoms with van der Waals surface area (Å²) in [4.78, 5) is 12.4.